The van der Waals surface area contributed by atoms with Gasteiger partial charge in [0, 0.05) is 0 Å². The van der Waals surface area contributed by atoms with E-state index < -0.39 is 4.64 Å². The molecule has 1 radical (unpaired) electrons. The van der Waals surface area contributed by atoms with E-state index >= 15 is 0 Å². The average molecular weight is 444 g/mol. The first kappa shape index (κ1) is 18.2. The van der Waals surface area contributed by atoms with Crippen LogP contribution in [0.1, 0.15) is 25.0 Å². The van der Waals surface area contributed by atoms with Gasteiger partial charge in [-0.1, -0.05) is 0 Å². The number of hydrogen-bond donors (Lipinski definition) is 1. The van der Waals surface area contributed by atoms with Crippen LogP contribution in [0.15, 0.2) is 60.7 Å². The van der Waals surface area contributed by atoms with Crippen molar-refractivity contribution in [1.82, 2.24) is 0 Å². The summed E-state index contributed by atoms with van der Waals surface area (Å²) in [6.45, 7) is 4.84. The third kappa shape index (κ3) is 4.68. The van der Waals surface area contributed by atoms with E-state index in [9.17, 15) is 0 Å². The van der Waals surface area contributed by atoms with E-state index in [0.29, 0.717) is 26.1 Å². The van der Waals surface area contributed by atoms with Gasteiger partial charge >= 0.3 is 149 Å². The molecule has 0 saturated heterocycles. The topological polar surface area (TPSA) is 27.6 Å². The fourth-order valence-electron chi connectivity index (χ4n) is 2.85. The Morgan fingerprint density at radius 2 is 1.23 bits per heavy atom. The van der Waals surface area contributed by atoms with Crippen molar-refractivity contribution < 1.29 is 4.75 Å². The minimum absolute atomic E-state index is 0.440. The minimum atomic E-state index is -1.14. The average Bonchev–Trinajstić information content (AvgIpc) is 2.55. The molecule has 22 heavy (non-hydrogen) atoms. The molecule has 4 heteroatoms. The zero-order valence-corrected chi connectivity index (χ0v) is 17.6. The van der Waals surface area contributed by atoms with Crippen molar-refractivity contribution in [2.75, 3.05) is 0 Å². The Labute approximate surface area is 149 Å². The molecule has 0 heterocycles. The number of rotatable bonds is 7. The molecule has 0 spiro atoms. The molecule has 2 aromatic carbocycles. The second-order valence-corrected chi connectivity index (χ2v) is 21.9. The molecule has 0 aliphatic heterocycles. The van der Waals surface area contributed by atoms with Crippen LogP contribution >= 0.6 is 4.64 Å². The molecular weight excluding hydrogens is 419 g/mol. The monoisotopic (exact) mass is 446 g/mol. The van der Waals surface area contributed by atoms with Crippen molar-refractivity contribution in [2.24, 2.45) is 0 Å². The molecule has 0 fully saturated rings. The SMILES string of the molecule is CC(Cc1ccccc1)[P+]([Se])([Se][NH3+])C(C)Cc1ccccc1. The van der Waals surface area contributed by atoms with E-state index in [-0.39, 0.29) is 0 Å². The first-order chi connectivity index (χ1) is 10.6. The summed E-state index contributed by atoms with van der Waals surface area (Å²) < 4.78 is 3.23. The third-order valence-corrected chi connectivity index (χ3v) is 22.5. The zero-order chi connectivity index (χ0) is 16.0. The van der Waals surface area contributed by atoms with E-state index in [1.54, 1.807) is 0 Å². The van der Waals surface area contributed by atoms with Crippen molar-refractivity contribution in [3.05, 3.63) is 71.8 Å². The second kappa shape index (κ2) is 8.65. The van der Waals surface area contributed by atoms with Gasteiger partial charge in [0.05, 0.1) is 0 Å². The summed E-state index contributed by atoms with van der Waals surface area (Å²) in [5.74, 6) is 0. The Balaban J connectivity index is 2.09. The molecule has 0 amide bonds. The van der Waals surface area contributed by atoms with Gasteiger partial charge < -0.3 is 0 Å². The van der Waals surface area contributed by atoms with Gasteiger partial charge in [-0.25, -0.2) is 0 Å². The van der Waals surface area contributed by atoms with Crippen molar-refractivity contribution in [3.8, 4) is 0 Å². The number of hydrogen-bond acceptors (Lipinski definition) is 0. The molecule has 1 nitrogen and oxygen atoms in total. The van der Waals surface area contributed by atoms with Crippen LogP contribution < -0.4 is 4.75 Å². The molecule has 117 valence electrons. The van der Waals surface area contributed by atoms with Gasteiger partial charge in [0.2, 0.25) is 0 Å². The normalized spacial score (nSPS) is 16.7. The fraction of sp³-hybridized carbons (Fsp3) is 0.333. The van der Waals surface area contributed by atoms with Gasteiger partial charge in [0.1, 0.15) is 0 Å². The maximum atomic E-state index is 4.36. The molecule has 0 saturated carbocycles. The maximum absolute atomic E-state index is 4.36. The molecule has 2 unspecified atom stereocenters. The number of benzene rings is 2. The van der Waals surface area contributed by atoms with Crippen LogP contribution in [0.5, 0.6) is 0 Å². The summed E-state index contributed by atoms with van der Waals surface area (Å²) in [4.78, 5) is 0. The Bertz CT molecular complexity index is 514. The van der Waals surface area contributed by atoms with Crippen molar-refractivity contribution >= 4 is 34.9 Å². The van der Waals surface area contributed by atoms with E-state index in [1.807, 2.05) is 0 Å². The molecule has 0 aliphatic carbocycles. The summed E-state index contributed by atoms with van der Waals surface area (Å²) in [6, 6.07) is 21.8. The van der Waals surface area contributed by atoms with Crippen LogP contribution in [0.3, 0.4) is 0 Å². The van der Waals surface area contributed by atoms with Gasteiger partial charge in [-0.3, -0.25) is 0 Å². The molecule has 2 aromatic rings. The van der Waals surface area contributed by atoms with Gasteiger partial charge in [-0.05, 0) is 0 Å². The molecule has 3 N–H and O–H groups in total. The van der Waals surface area contributed by atoms with Gasteiger partial charge in [0.25, 0.3) is 0 Å². The first-order valence-electron chi connectivity index (χ1n) is 7.67. The van der Waals surface area contributed by atoms with Crippen molar-refractivity contribution in [2.45, 2.75) is 38.0 Å². The van der Waals surface area contributed by atoms with E-state index in [4.69, 9.17) is 0 Å². The molecule has 0 bridgehead atoms. The predicted octanol–water partition coefficient (Wildman–Crippen LogP) is 3.13. The first-order valence-corrected chi connectivity index (χ1v) is 15.2. The van der Waals surface area contributed by atoms with Gasteiger partial charge in [0.15, 0.2) is 0 Å². The Morgan fingerprint density at radius 3 is 1.55 bits per heavy atom. The molecule has 2 rings (SSSR count). The molecule has 0 aromatic heterocycles. The van der Waals surface area contributed by atoms with E-state index in [0.717, 1.165) is 12.8 Å². The van der Waals surface area contributed by atoms with E-state index in [2.05, 4.69) is 94.8 Å². The summed E-state index contributed by atoms with van der Waals surface area (Å²) in [5, 5.41) is 0. The Morgan fingerprint density at radius 1 is 0.864 bits per heavy atom. The van der Waals surface area contributed by atoms with Crippen LogP contribution in [0.25, 0.3) is 0 Å². The van der Waals surface area contributed by atoms with Gasteiger partial charge in [-0.15, -0.1) is 0 Å². The number of quaternary nitrogens is 1. The summed E-state index contributed by atoms with van der Waals surface area (Å²) >= 11 is 4.10. The summed E-state index contributed by atoms with van der Waals surface area (Å²) in [5.41, 5.74) is 4.30. The van der Waals surface area contributed by atoms with Crippen molar-refractivity contribution in [1.29, 1.82) is 0 Å². The van der Waals surface area contributed by atoms with Crippen LogP contribution in [-0.4, -0.2) is 41.6 Å². The molecule has 0 aliphatic rings. The summed E-state index contributed by atoms with van der Waals surface area (Å²) in [7, 11) is 0. The van der Waals surface area contributed by atoms with Gasteiger partial charge in [-0.2, -0.15) is 0 Å². The Kier molecular flexibility index (Phi) is 7.16. The Hall–Kier alpha value is -0.131. The van der Waals surface area contributed by atoms with Crippen molar-refractivity contribution in [3.63, 3.8) is 0 Å². The summed E-state index contributed by atoms with van der Waals surface area (Å²) in [6.07, 6.45) is 2.33. The third-order valence-electron chi connectivity index (χ3n) is 4.18. The second-order valence-electron chi connectivity index (χ2n) is 5.85. The fourth-order valence-corrected chi connectivity index (χ4v) is 10.2. The standard InChI is InChI=1S/C18H24NPSe2/c1-15(13-17-9-5-3-6-10-17)20(21,22-19)16(2)14-18-11-7-4-8-12-18/h3-12,15-16H,13-14,19H2,1-2H3/q+1/p+1. The van der Waals surface area contributed by atoms with Crippen LogP contribution in [0, 0.1) is 0 Å². The van der Waals surface area contributed by atoms with Crippen LogP contribution in [-0.2, 0) is 12.8 Å². The zero-order valence-electron chi connectivity index (χ0n) is 13.3. The van der Waals surface area contributed by atoms with Crippen LogP contribution in [0.4, 0.5) is 0 Å². The molecule has 2 atom stereocenters. The quantitative estimate of drug-likeness (QED) is 0.502. The molecular formula is C18H25NPSe2+2. The van der Waals surface area contributed by atoms with E-state index in [1.165, 1.54) is 11.1 Å². The predicted molar refractivity (Wildman–Crippen MR) is 101 cm³/mol. The van der Waals surface area contributed by atoms with Crippen LogP contribution in [0.2, 0.25) is 0 Å².